The van der Waals surface area contributed by atoms with Gasteiger partial charge in [0.2, 0.25) is 17.6 Å². The Labute approximate surface area is 187 Å². The highest BCUT2D eigenvalue weighted by molar-refractivity contribution is 5.89. The highest BCUT2D eigenvalue weighted by Crippen LogP contribution is 2.46. The van der Waals surface area contributed by atoms with Gasteiger partial charge < -0.3 is 16.2 Å². The third-order valence-electron chi connectivity index (χ3n) is 5.34. The third kappa shape index (κ3) is 3.17. The molecule has 1 aliphatic heterocycles. The molecule has 4 N–H and O–H groups in total. The van der Waals surface area contributed by atoms with Crippen molar-refractivity contribution in [1.29, 1.82) is 5.26 Å². The zero-order valence-corrected chi connectivity index (χ0v) is 17.4. The molecule has 0 radical (unpaired) electrons. The van der Waals surface area contributed by atoms with Gasteiger partial charge in [-0.15, -0.1) is 0 Å². The first-order valence-electron chi connectivity index (χ1n) is 9.85. The number of imidazole rings is 1. The van der Waals surface area contributed by atoms with E-state index in [4.69, 9.17) is 16.2 Å². The summed E-state index contributed by atoms with van der Waals surface area (Å²) in [5.41, 5.74) is 14.4. The van der Waals surface area contributed by atoms with Crippen LogP contribution in [0, 0.1) is 11.3 Å². The maximum absolute atomic E-state index is 11.6. The molecule has 11 nitrogen and oxygen atoms in total. The predicted octanol–water partition coefficient (Wildman–Crippen LogP) is 1.38. The van der Waals surface area contributed by atoms with E-state index < -0.39 is 11.8 Å². The number of nitrogens with two attached hydrogens (primary N) is 2. The lowest BCUT2D eigenvalue weighted by atomic mass is 9.84. The Morgan fingerprint density at radius 2 is 1.88 bits per heavy atom. The van der Waals surface area contributed by atoms with Crippen molar-refractivity contribution in [2.45, 2.75) is 5.92 Å². The second-order valence-electron chi connectivity index (χ2n) is 7.26. The molecule has 1 aromatic carbocycles. The van der Waals surface area contributed by atoms with Gasteiger partial charge >= 0.3 is 0 Å². The van der Waals surface area contributed by atoms with Crippen molar-refractivity contribution >= 4 is 5.91 Å². The second-order valence-corrected chi connectivity index (χ2v) is 7.26. The van der Waals surface area contributed by atoms with Crippen LogP contribution in [-0.2, 0) is 7.05 Å². The molecule has 5 rings (SSSR count). The number of aromatic nitrogens is 6. The number of nitrogens with zero attached hydrogens (tertiary/aromatic N) is 7. The summed E-state index contributed by atoms with van der Waals surface area (Å²) in [6.45, 7) is 0. The third-order valence-corrected chi connectivity index (χ3v) is 5.34. The van der Waals surface area contributed by atoms with E-state index in [1.807, 2.05) is 12.1 Å². The number of carbonyl (C=O) groups excluding carboxylic acids is 1. The summed E-state index contributed by atoms with van der Waals surface area (Å²) >= 11 is 0. The summed E-state index contributed by atoms with van der Waals surface area (Å²) in [5.74, 6) is -0.250. The Balaban J connectivity index is 1.66. The first-order valence-corrected chi connectivity index (χ1v) is 9.85. The van der Waals surface area contributed by atoms with Crippen LogP contribution >= 0.6 is 0 Å². The number of fused-ring (bicyclic) bond motifs is 1. The number of benzene rings is 1. The number of amides is 1. The highest BCUT2D eigenvalue weighted by atomic mass is 16.5. The summed E-state index contributed by atoms with van der Waals surface area (Å²) in [5, 5.41) is 14.4. The molecule has 0 fully saturated rings. The number of aryl methyl sites for hydroxylation is 1. The molecule has 1 aliphatic rings. The number of rotatable bonds is 4. The molecule has 4 aromatic rings. The van der Waals surface area contributed by atoms with Gasteiger partial charge in [0, 0.05) is 37.5 Å². The molecule has 0 aliphatic carbocycles. The maximum atomic E-state index is 11.6. The molecule has 11 heteroatoms. The van der Waals surface area contributed by atoms with Gasteiger partial charge in [-0.1, -0.05) is 12.1 Å². The molecule has 1 unspecified atom stereocenters. The van der Waals surface area contributed by atoms with Crippen LogP contribution < -0.4 is 16.2 Å². The summed E-state index contributed by atoms with van der Waals surface area (Å²) in [6, 6.07) is 11.2. The monoisotopic (exact) mass is 439 g/mol. The molecule has 0 spiro atoms. The van der Waals surface area contributed by atoms with E-state index in [-0.39, 0.29) is 17.3 Å². The number of carbonyl (C=O) groups is 1. The number of hydrogen-bond donors (Lipinski definition) is 2. The topological polar surface area (TPSA) is 164 Å². The van der Waals surface area contributed by atoms with Gasteiger partial charge in [-0.3, -0.25) is 9.36 Å². The van der Waals surface area contributed by atoms with Gasteiger partial charge in [0.05, 0.1) is 11.5 Å². The minimum atomic E-state index is -0.636. The van der Waals surface area contributed by atoms with Crippen LogP contribution in [0.1, 0.15) is 27.7 Å². The van der Waals surface area contributed by atoms with E-state index in [1.165, 1.54) is 6.20 Å². The zero-order valence-electron chi connectivity index (χ0n) is 17.4. The molecule has 0 saturated carbocycles. The number of ether oxygens (including phenoxy) is 1. The van der Waals surface area contributed by atoms with Crippen molar-refractivity contribution in [3.05, 3.63) is 83.5 Å². The molecule has 33 heavy (non-hydrogen) atoms. The summed E-state index contributed by atoms with van der Waals surface area (Å²) < 4.78 is 8.90. The molecule has 1 atom stereocenters. The SMILES string of the molecule is Cn1nc(-c2ncccn2)c2c1OC(N)=C(C#N)C2c1ccc(-n2ccnc2C(N)=O)cc1. The van der Waals surface area contributed by atoms with Crippen LogP contribution in [0.2, 0.25) is 0 Å². The number of allylic oxidation sites excluding steroid dienone is 1. The van der Waals surface area contributed by atoms with Crippen LogP contribution in [0.15, 0.2) is 66.6 Å². The minimum absolute atomic E-state index is 0.00762. The molecule has 4 heterocycles. The van der Waals surface area contributed by atoms with Crippen molar-refractivity contribution in [3.8, 4) is 29.2 Å². The highest BCUT2D eigenvalue weighted by Gasteiger charge is 2.37. The zero-order chi connectivity index (χ0) is 23.1. The Morgan fingerprint density at radius 1 is 1.15 bits per heavy atom. The van der Waals surface area contributed by atoms with Crippen LogP contribution in [-0.4, -0.2) is 35.2 Å². The van der Waals surface area contributed by atoms with Gasteiger partial charge in [-0.2, -0.15) is 10.4 Å². The molecular weight excluding hydrogens is 422 g/mol. The van der Waals surface area contributed by atoms with Crippen LogP contribution in [0.25, 0.3) is 17.2 Å². The van der Waals surface area contributed by atoms with Crippen molar-refractivity contribution in [3.63, 3.8) is 0 Å². The Bertz CT molecular complexity index is 1440. The van der Waals surface area contributed by atoms with Gasteiger partial charge in [-0.05, 0) is 23.8 Å². The average molecular weight is 439 g/mol. The molecule has 0 saturated heterocycles. The normalized spacial score (nSPS) is 15.0. The van der Waals surface area contributed by atoms with Crippen molar-refractivity contribution < 1.29 is 9.53 Å². The molecule has 3 aromatic heterocycles. The van der Waals surface area contributed by atoms with Gasteiger partial charge in [0.1, 0.15) is 17.3 Å². The molecule has 1 amide bonds. The standard InChI is InChI=1S/C22H17N9O2/c1-30-22-16(17(29-30)20-26-7-2-8-27-20)15(14(11-23)19(25)33-22)12-3-5-13(6-4-12)31-10-9-28-21(31)18(24)32/h2-10,15H,25H2,1H3,(H2,24,32). The van der Waals surface area contributed by atoms with Crippen LogP contribution in [0.3, 0.4) is 0 Å². The van der Waals surface area contributed by atoms with Crippen molar-refractivity contribution in [1.82, 2.24) is 29.3 Å². The number of hydrogen-bond acceptors (Lipinski definition) is 8. The van der Waals surface area contributed by atoms with E-state index >= 15 is 0 Å². The first-order chi connectivity index (χ1) is 16.0. The van der Waals surface area contributed by atoms with Crippen LogP contribution in [0.5, 0.6) is 5.88 Å². The molecular formula is C22H17N9O2. The fraction of sp³-hybridized carbons (Fsp3) is 0.0909. The lowest BCUT2D eigenvalue weighted by molar-refractivity contribution is 0.0989. The summed E-state index contributed by atoms with van der Waals surface area (Å²) in [6.07, 6.45) is 6.38. The van der Waals surface area contributed by atoms with E-state index in [0.29, 0.717) is 28.6 Å². The molecule has 0 bridgehead atoms. The lowest BCUT2D eigenvalue weighted by Gasteiger charge is -2.24. The Kier molecular flexibility index (Phi) is 4.60. The average Bonchev–Trinajstić information content (AvgIpc) is 3.44. The van der Waals surface area contributed by atoms with E-state index in [2.05, 4.69) is 26.1 Å². The predicted molar refractivity (Wildman–Crippen MR) is 116 cm³/mol. The largest absolute Gasteiger partial charge is 0.422 e. The quantitative estimate of drug-likeness (QED) is 0.481. The lowest BCUT2D eigenvalue weighted by Crippen LogP contribution is -2.22. The minimum Gasteiger partial charge on any atom is -0.422 e. The Morgan fingerprint density at radius 3 is 2.55 bits per heavy atom. The fourth-order valence-corrected chi connectivity index (χ4v) is 3.91. The number of primary amides is 1. The van der Waals surface area contributed by atoms with E-state index in [0.717, 1.165) is 5.56 Å². The van der Waals surface area contributed by atoms with E-state index in [9.17, 15) is 10.1 Å². The first kappa shape index (κ1) is 20.0. The molecule has 162 valence electrons. The summed E-state index contributed by atoms with van der Waals surface area (Å²) in [7, 11) is 1.72. The van der Waals surface area contributed by atoms with Gasteiger partial charge in [0.15, 0.2) is 5.82 Å². The van der Waals surface area contributed by atoms with Crippen molar-refractivity contribution in [2.24, 2.45) is 18.5 Å². The second kappa shape index (κ2) is 7.61. The van der Waals surface area contributed by atoms with Crippen LogP contribution in [0.4, 0.5) is 0 Å². The number of nitriles is 1. The van der Waals surface area contributed by atoms with E-state index in [1.54, 1.807) is 53.1 Å². The summed E-state index contributed by atoms with van der Waals surface area (Å²) in [4.78, 5) is 24.3. The van der Waals surface area contributed by atoms with Crippen molar-refractivity contribution in [2.75, 3.05) is 0 Å². The Hall–Kier alpha value is -4.98. The maximum Gasteiger partial charge on any atom is 0.285 e. The van der Waals surface area contributed by atoms with Gasteiger partial charge in [-0.25, -0.2) is 19.6 Å². The van der Waals surface area contributed by atoms with Gasteiger partial charge in [0.25, 0.3) is 5.91 Å². The fourth-order valence-electron chi connectivity index (χ4n) is 3.91. The smallest absolute Gasteiger partial charge is 0.285 e.